The maximum absolute atomic E-state index is 11.8. The monoisotopic (exact) mass is 323 g/mol. The molecule has 1 heterocycles. The summed E-state index contributed by atoms with van der Waals surface area (Å²) in [6, 6.07) is 1.51. The molecule has 6 heteroatoms. The highest BCUT2D eigenvalue weighted by atomic mass is 16.2. The third kappa shape index (κ3) is 5.68. The van der Waals surface area contributed by atoms with Gasteiger partial charge < -0.3 is 15.5 Å². The number of carbonyl (C=O) groups excluding carboxylic acids is 1. The first-order valence-corrected chi connectivity index (χ1v) is 8.97. The number of amides is 1. The van der Waals surface area contributed by atoms with Gasteiger partial charge in [0, 0.05) is 45.3 Å². The molecule has 23 heavy (non-hydrogen) atoms. The average molecular weight is 323 g/mol. The molecule has 1 amide bonds. The standard InChI is InChI=1S/C17H33N5O/c1-13(2)19-17(18-11-16(23)21(3)4)20-14-9-10-22(12-14)15-7-5-6-8-15/h13-15H,5-12H2,1-4H3,(H2,18,19,20). The number of aliphatic imine (C=N–C) groups is 1. The summed E-state index contributed by atoms with van der Waals surface area (Å²) in [6.45, 7) is 6.63. The number of likely N-dealkylation sites (N-methyl/N-ethyl adjacent to an activating group) is 1. The molecule has 6 nitrogen and oxygen atoms in total. The number of likely N-dealkylation sites (tertiary alicyclic amines) is 1. The molecule has 2 N–H and O–H groups in total. The number of nitrogens with one attached hydrogen (secondary N) is 2. The van der Waals surface area contributed by atoms with E-state index < -0.39 is 0 Å². The van der Waals surface area contributed by atoms with Gasteiger partial charge in [0.15, 0.2) is 5.96 Å². The van der Waals surface area contributed by atoms with E-state index in [0.717, 1.165) is 25.0 Å². The number of hydrogen-bond acceptors (Lipinski definition) is 3. The second kappa shape index (κ2) is 8.52. The minimum Gasteiger partial charge on any atom is -0.354 e. The normalized spacial score (nSPS) is 23.5. The van der Waals surface area contributed by atoms with Gasteiger partial charge in [-0.3, -0.25) is 9.69 Å². The quantitative estimate of drug-likeness (QED) is 0.586. The van der Waals surface area contributed by atoms with Gasteiger partial charge in [-0.05, 0) is 33.1 Å². The Bertz CT molecular complexity index is 415. The SMILES string of the molecule is CC(C)NC(=NCC(=O)N(C)C)NC1CCN(C2CCCC2)C1. The Hall–Kier alpha value is -1.30. The lowest BCUT2D eigenvalue weighted by atomic mass is 10.2. The summed E-state index contributed by atoms with van der Waals surface area (Å²) in [7, 11) is 3.52. The second-order valence-corrected chi connectivity index (χ2v) is 7.32. The number of guanidine groups is 1. The summed E-state index contributed by atoms with van der Waals surface area (Å²) >= 11 is 0. The summed E-state index contributed by atoms with van der Waals surface area (Å²) < 4.78 is 0. The highest BCUT2D eigenvalue weighted by Gasteiger charge is 2.30. The van der Waals surface area contributed by atoms with Crippen LogP contribution in [0.3, 0.4) is 0 Å². The van der Waals surface area contributed by atoms with E-state index in [-0.39, 0.29) is 12.5 Å². The van der Waals surface area contributed by atoms with E-state index in [4.69, 9.17) is 0 Å². The Kier molecular flexibility index (Phi) is 6.69. The Morgan fingerprint density at radius 3 is 2.57 bits per heavy atom. The van der Waals surface area contributed by atoms with E-state index in [9.17, 15) is 4.79 Å². The molecular formula is C17H33N5O. The summed E-state index contributed by atoms with van der Waals surface area (Å²) in [5, 5.41) is 6.86. The van der Waals surface area contributed by atoms with Crippen LogP contribution in [0.2, 0.25) is 0 Å². The molecule has 0 aromatic rings. The lowest BCUT2D eigenvalue weighted by Gasteiger charge is -2.24. The summed E-state index contributed by atoms with van der Waals surface area (Å²) in [5.74, 6) is 0.780. The highest BCUT2D eigenvalue weighted by molar-refractivity contribution is 5.85. The zero-order valence-corrected chi connectivity index (χ0v) is 15.1. The van der Waals surface area contributed by atoms with Crippen molar-refractivity contribution in [2.75, 3.05) is 33.7 Å². The number of hydrogen-bond donors (Lipinski definition) is 2. The van der Waals surface area contributed by atoms with Crippen molar-refractivity contribution in [3.63, 3.8) is 0 Å². The zero-order valence-electron chi connectivity index (χ0n) is 15.1. The largest absolute Gasteiger partial charge is 0.354 e. The van der Waals surface area contributed by atoms with Crippen LogP contribution in [0.1, 0.15) is 46.0 Å². The van der Waals surface area contributed by atoms with Crippen LogP contribution in [0, 0.1) is 0 Å². The lowest BCUT2D eigenvalue weighted by molar-refractivity contribution is -0.127. The Labute approximate surface area is 140 Å². The number of carbonyl (C=O) groups is 1. The predicted octanol–water partition coefficient (Wildman–Crippen LogP) is 1.04. The van der Waals surface area contributed by atoms with Gasteiger partial charge in [-0.15, -0.1) is 0 Å². The molecular weight excluding hydrogens is 290 g/mol. The van der Waals surface area contributed by atoms with Crippen molar-refractivity contribution in [3.05, 3.63) is 0 Å². The fourth-order valence-electron chi connectivity index (χ4n) is 3.39. The van der Waals surface area contributed by atoms with E-state index >= 15 is 0 Å². The molecule has 1 saturated heterocycles. The van der Waals surface area contributed by atoms with E-state index in [1.165, 1.54) is 32.2 Å². The molecule has 0 radical (unpaired) electrons. The first-order chi connectivity index (χ1) is 11.0. The van der Waals surface area contributed by atoms with Gasteiger partial charge in [-0.1, -0.05) is 12.8 Å². The van der Waals surface area contributed by atoms with Crippen LogP contribution in [0.5, 0.6) is 0 Å². The summed E-state index contributed by atoms with van der Waals surface area (Å²) in [5.41, 5.74) is 0. The van der Waals surface area contributed by atoms with Crippen molar-refractivity contribution in [2.24, 2.45) is 4.99 Å². The molecule has 0 bridgehead atoms. The molecule has 2 fully saturated rings. The Morgan fingerprint density at radius 1 is 1.26 bits per heavy atom. The fraction of sp³-hybridized carbons (Fsp3) is 0.882. The van der Waals surface area contributed by atoms with Gasteiger partial charge in [0.25, 0.3) is 0 Å². The van der Waals surface area contributed by atoms with Crippen LogP contribution in [0.25, 0.3) is 0 Å². The predicted molar refractivity (Wildman–Crippen MR) is 94.6 cm³/mol. The Balaban J connectivity index is 1.87. The van der Waals surface area contributed by atoms with Gasteiger partial charge in [0.2, 0.25) is 5.91 Å². The highest BCUT2D eigenvalue weighted by Crippen LogP contribution is 2.26. The smallest absolute Gasteiger partial charge is 0.243 e. The minimum atomic E-state index is 0.0221. The fourth-order valence-corrected chi connectivity index (χ4v) is 3.39. The molecule has 1 atom stereocenters. The van der Waals surface area contributed by atoms with Gasteiger partial charge >= 0.3 is 0 Å². The van der Waals surface area contributed by atoms with Crippen molar-refractivity contribution in [1.82, 2.24) is 20.4 Å². The lowest BCUT2D eigenvalue weighted by Crippen LogP contribution is -2.47. The number of rotatable bonds is 5. The van der Waals surface area contributed by atoms with Crippen molar-refractivity contribution >= 4 is 11.9 Å². The maximum Gasteiger partial charge on any atom is 0.243 e. The molecule has 1 aliphatic carbocycles. The van der Waals surface area contributed by atoms with Gasteiger partial charge in [-0.25, -0.2) is 4.99 Å². The van der Waals surface area contributed by atoms with E-state index in [1.54, 1.807) is 19.0 Å². The van der Waals surface area contributed by atoms with Crippen molar-refractivity contribution in [3.8, 4) is 0 Å². The molecule has 1 unspecified atom stereocenters. The third-order valence-electron chi connectivity index (χ3n) is 4.70. The van der Waals surface area contributed by atoms with E-state index in [1.807, 2.05) is 0 Å². The summed E-state index contributed by atoms with van der Waals surface area (Å²) in [6.07, 6.45) is 6.63. The maximum atomic E-state index is 11.8. The molecule has 1 saturated carbocycles. The van der Waals surface area contributed by atoms with Crippen LogP contribution in [-0.4, -0.2) is 73.5 Å². The molecule has 2 aliphatic rings. The molecule has 0 aromatic carbocycles. The van der Waals surface area contributed by atoms with E-state index in [2.05, 4.69) is 34.4 Å². The zero-order chi connectivity index (χ0) is 16.8. The average Bonchev–Trinajstić information content (AvgIpc) is 3.14. The topological polar surface area (TPSA) is 60.0 Å². The van der Waals surface area contributed by atoms with Crippen LogP contribution in [-0.2, 0) is 4.79 Å². The molecule has 132 valence electrons. The van der Waals surface area contributed by atoms with Gasteiger partial charge in [-0.2, -0.15) is 0 Å². The first-order valence-electron chi connectivity index (χ1n) is 8.97. The van der Waals surface area contributed by atoms with Crippen molar-refractivity contribution in [2.45, 2.75) is 64.1 Å². The van der Waals surface area contributed by atoms with Crippen molar-refractivity contribution in [1.29, 1.82) is 0 Å². The minimum absolute atomic E-state index is 0.0221. The van der Waals surface area contributed by atoms with Crippen LogP contribution in [0.15, 0.2) is 4.99 Å². The molecule has 1 aliphatic heterocycles. The number of nitrogens with zero attached hydrogens (tertiary/aromatic N) is 3. The van der Waals surface area contributed by atoms with Gasteiger partial charge in [0.1, 0.15) is 6.54 Å². The summed E-state index contributed by atoms with van der Waals surface area (Å²) in [4.78, 5) is 20.4. The third-order valence-corrected chi connectivity index (χ3v) is 4.70. The molecule has 0 spiro atoms. The van der Waals surface area contributed by atoms with Crippen molar-refractivity contribution < 1.29 is 4.79 Å². The molecule has 2 rings (SSSR count). The van der Waals surface area contributed by atoms with Crippen LogP contribution in [0.4, 0.5) is 0 Å². The van der Waals surface area contributed by atoms with Crippen LogP contribution >= 0.6 is 0 Å². The molecule has 0 aromatic heterocycles. The van der Waals surface area contributed by atoms with Gasteiger partial charge in [0.05, 0.1) is 0 Å². The van der Waals surface area contributed by atoms with E-state index in [0.29, 0.717) is 12.1 Å². The van der Waals surface area contributed by atoms with Crippen LogP contribution < -0.4 is 10.6 Å². The first kappa shape index (κ1) is 18.0. The Morgan fingerprint density at radius 2 is 1.96 bits per heavy atom. The second-order valence-electron chi connectivity index (χ2n) is 7.32.